The fourth-order valence-corrected chi connectivity index (χ4v) is 2.38. The second-order valence-corrected chi connectivity index (χ2v) is 4.73. The highest BCUT2D eigenvalue weighted by molar-refractivity contribution is 6.17. The first-order valence-electron chi connectivity index (χ1n) is 6.30. The van der Waals surface area contributed by atoms with Gasteiger partial charge in [-0.25, -0.2) is 0 Å². The summed E-state index contributed by atoms with van der Waals surface area (Å²) >= 11 is 5.73. The average molecular weight is 251 g/mol. The van der Waals surface area contributed by atoms with Gasteiger partial charge in [-0.15, -0.1) is 11.6 Å². The maximum Gasteiger partial charge on any atom is 0.100 e. The van der Waals surface area contributed by atoms with Crippen LogP contribution in [0.3, 0.4) is 0 Å². The first-order chi connectivity index (χ1) is 8.42. The molecule has 0 bridgehead atoms. The van der Waals surface area contributed by atoms with Gasteiger partial charge in [0.25, 0.3) is 0 Å². The van der Waals surface area contributed by atoms with Crippen LogP contribution in [-0.2, 0) is 4.74 Å². The maximum atomic E-state index is 5.93. The number of hydrogen-bond donors (Lipinski definition) is 0. The molecule has 0 heterocycles. The van der Waals surface area contributed by atoms with Crippen molar-refractivity contribution in [1.82, 2.24) is 0 Å². The smallest absolute Gasteiger partial charge is 0.100 e. The molecule has 0 aromatic heterocycles. The summed E-state index contributed by atoms with van der Waals surface area (Å²) in [5.74, 6) is 0.558. The predicted molar refractivity (Wildman–Crippen MR) is 73.4 cm³/mol. The largest absolute Gasteiger partial charge is 0.368 e. The van der Waals surface area contributed by atoms with Crippen molar-refractivity contribution >= 4 is 11.6 Å². The van der Waals surface area contributed by atoms with E-state index in [1.165, 1.54) is 11.1 Å². The van der Waals surface area contributed by atoms with Crippen molar-refractivity contribution in [2.45, 2.75) is 31.8 Å². The fourth-order valence-electron chi connectivity index (χ4n) is 2.29. The lowest BCUT2D eigenvalue weighted by atomic mass is 9.90. The number of rotatable bonds is 5. The Kier molecular flexibility index (Phi) is 5.08. The Morgan fingerprint density at radius 2 is 1.65 bits per heavy atom. The minimum atomic E-state index is 0.142. The molecular weight excluding hydrogens is 232 g/mol. The van der Waals surface area contributed by atoms with Gasteiger partial charge in [-0.2, -0.15) is 0 Å². The van der Waals surface area contributed by atoms with Gasteiger partial charge in [0.15, 0.2) is 0 Å². The average Bonchev–Trinajstić information content (AvgIpc) is 2.42. The topological polar surface area (TPSA) is 9.23 Å². The Hall–Kier alpha value is -0.790. The van der Waals surface area contributed by atoms with Crippen LogP contribution < -0.4 is 0 Å². The molecule has 0 aromatic rings. The van der Waals surface area contributed by atoms with Gasteiger partial charge in [-0.3, -0.25) is 0 Å². The van der Waals surface area contributed by atoms with Crippen LogP contribution in [0.15, 0.2) is 47.6 Å². The van der Waals surface area contributed by atoms with E-state index in [2.05, 4.69) is 36.5 Å². The van der Waals surface area contributed by atoms with Gasteiger partial charge in [-0.05, 0) is 36.8 Å². The molecule has 0 N–H and O–H groups in total. The van der Waals surface area contributed by atoms with Crippen molar-refractivity contribution in [2.24, 2.45) is 0 Å². The molecule has 0 saturated heterocycles. The SMILES string of the molecule is ClCCOC(C1=CC=CCC1)C1=CC=CCC1. The predicted octanol–water partition coefficient (Wildman–Crippen LogP) is 4.16. The van der Waals surface area contributed by atoms with E-state index in [4.69, 9.17) is 16.3 Å². The van der Waals surface area contributed by atoms with Gasteiger partial charge < -0.3 is 4.74 Å². The molecule has 0 atom stereocenters. The van der Waals surface area contributed by atoms with Crippen LogP contribution in [0, 0.1) is 0 Å². The van der Waals surface area contributed by atoms with Crippen LogP contribution in [0.5, 0.6) is 0 Å². The Balaban J connectivity index is 2.12. The summed E-state index contributed by atoms with van der Waals surface area (Å²) in [6.45, 7) is 0.619. The molecule has 0 aromatic carbocycles. The van der Waals surface area contributed by atoms with Crippen molar-refractivity contribution in [3.05, 3.63) is 47.6 Å². The van der Waals surface area contributed by atoms with Crippen molar-refractivity contribution in [1.29, 1.82) is 0 Å². The number of ether oxygens (including phenoxy) is 1. The molecule has 0 unspecified atom stereocenters. The van der Waals surface area contributed by atoms with Crippen molar-refractivity contribution in [3.8, 4) is 0 Å². The van der Waals surface area contributed by atoms with E-state index < -0.39 is 0 Å². The summed E-state index contributed by atoms with van der Waals surface area (Å²) in [5, 5.41) is 0. The summed E-state index contributed by atoms with van der Waals surface area (Å²) < 4.78 is 5.93. The minimum absolute atomic E-state index is 0.142. The number of alkyl halides is 1. The fraction of sp³-hybridized carbons (Fsp3) is 0.467. The molecule has 0 fully saturated rings. The number of hydrogen-bond acceptors (Lipinski definition) is 1. The Morgan fingerprint density at radius 1 is 1.06 bits per heavy atom. The zero-order valence-corrected chi connectivity index (χ0v) is 10.8. The highest BCUT2D eigenvalue weighted by Gasteiger charge is 2.20. The van der Waals surface area contributed by atoms with Gasteiger partial charge in [0.05, 0.1) is 6.61 Å². The normalized spacial score (nSPS) is 19.4. The lowest BCUT2D eigenvalue weighted by Crippen LogP contribution is -2.21. The Bertz CT molecular complexity index is 331. The third-order valence-corrected chi connectivity index (χ3v) is 3.28. The Morgan fingerprint density at radius 3 is 2.06 bits per heavy atom. The second-order valence-electron chi connectivity index (χ2n) is 4.36. The third-order valence-electron chi connectivity index (χ3n) is 3.13. The highest BCUT2D eigenvalue weighted by Crippen LogP contribution is 2.27. The minimum Gasteiger partial charge on any atom is -0.368 e. The standard InChI is InChI=1S/C15H19ClO/c16-11-12-17-15(13-7-3-1-4-8-13)14-9-5-2-6-10-14/h1-3,5,7,9,15H,4,6,8,10-12H2. The van der Waals surface area contributed by atoms with Crippen LogP contribution in [0.25, 0.3) is 0 Å². The monoisotopic (exact) mass is 250 g/mol. The van der Waals surface area contributed by atoms with Gasteiger partial charge in [0.2, 0.25) is 0 Å². The van der Waals surface area contributed by atoms with Crippen LogP contribution in [0.2, 0.25) is 0 Å². The molecule has 0 aliphatic heterocycles. The van der Waals surface area contributed by atoms with Crippen LogP contribution >= 0.6 is 11.6 Å². The van der Waals surface area contributed by atoms with E-state index in [-0.39, 0.29) is 6.10 Å². The van der Waals surface area contributed by atoms with Gasteiger partial charge >= 0.3 is 0 Å². The molecule has 2 rings (SSSR count). The summed E-state index contributed by atoms with van der Waals surface area (Å²) in [5.41, 5.74) is 2.78. The van der Waals surface area contributed by atoms with E-state index in [0.29, 0.717) is 12.5 Å². The quantitative estimate of drug-likeness (QED) is 0.666. The molecule has 2 aliphatic rings. The molecule has 92 valence electrons. The van der Waals surface area contributed by atoms with E-state index in [9.17, 15) is 0 Å². The molecule has 1 nitrogen and oxygen atoms in total. The van der Waals surface area contributed by atoms with Crippen molar-refractivity contribution < 1.29 is 4.74 Å². The molecule has 0 saturated carbocycles. The van der Waals surface area contributed by atoms with Gasteiger partial charge in [-0.1, -0.05) is 36.5 Å². The van der Waals surface area contributed by atoms with E-state index in [1.54, 1.807) is 0 Å². The molecule has 0 amide bonds. The zero-order chi connectivity index (χ0) is 11.9. The summed E-state index contributed by atoms with van der Waals surface area (Å²) in [4.78, 5) is 0. The first kappa shape index (κ1) is 12.7. The summed E-state index contributed by atoms with van der Waals surface area (Å²) in [6, 6.07) is 0. The summed E-state index contributed by atoms with van der Waals surface area (Å²) in [7, 11) is 0. The van der Waals surface area contributed by atoms with Crippen LogP contribution in [-0.4, -0.2) is 18.6 Å². The van der Waals surface area contributed by atoms with E-state index in [1.807, 2.05) is 0 Å². The molecular formula is C15H19ClO. The molecule has 2 heteroatoms. The highest BCUT2D eigenvalue weighted by atomic mass is 35.5. The van der Waals surface area contributed by atoms with Gasteiger partial charge in [0.1, 0.15) is 6.10 Å². The molecule has 2 aliphatic carbocycles. The lowest BCUT2D eigenvalue weighted by molar-refractivity contribution is 0.109. The number of halogens is 1. The zero-order valence-electron chi connectivity index (χ0n) is 10.1. The van der Waals surface area contributed by atoms with Gasteiger partial charge in [0, 0.05) is 5.88 Å². The van der Waals surface area contributed by atoms with E-state index >= 15 is 0 Å². The Labute approximate surface area is 108 Å². The second kappa shape index (κ2) is 6.83. The molecule has 0 spiro atoms. The molecule has 0 radical (unpaired) electrons. The summed E-state index contributed by atoms with van der Waals surface area (Å²) in [6.07, 6.45) is 17.7. The lowest BCUT2D eigenvalue weighted by Gasteiger charge is -2.25. The van der Waals surface area contributed by atoms with Crippen molar-refractivity contribution in [2.75, 3.05) is 12.5 Å². The van der Waals surface area contributed by atoms with Crippen LogP contribution in [0.4, 0.5) is 0 Å². The number of allylic oxidation sites excluding steroid dienone is 6. The first-order valence-corrected chi connectivity index (χ1v) is 6.84. The third kappa shape index (κ3) is 3.58. The maximum absolute atomic E-state index is 5.93. The molecule has 17 heavy (non-hydrogen) atoms. The van der Waals surface area contributed by atoms with Crippen molar-refractivity contribution in [3.63, 3.8) is 0 Å². The van der Waals surface area contributed by atoms with Crippen LogP contribution in [0.1, 0.15) is 25.7 Å². The van der Waals surface area contributed by atoms with E-state index in [0.717, 1.165) is 25.7 Å².